The number of aromatic amines is 1. The molecule has 2 aromatic heterocycles. The highest BCUT2D eigenvalue weighted by Crippen LogP contribution is 2.27. The third-order valence-electron chi connectivity index (χ3n) is 3.67. The lowest BCUT2D eigenvalue weighted by Gasteiger charge is -2.35. The number of sulfonamides is 1. The lowest BCUT2D eigenvalue weighted by Crippen LogP contribution is -2.48. The molecule has 0 unspecified atom stereocenters. The molecule has 1 N–H and O–H groups in total. The number of hydrogen-bond acceptors (Lipinski definition) is 6. The minimum Gasteiger partial charge on any atom is -0.366 e. The average molecular weight is 375 g/mol. The second-order valence-electron chi connectivity index (χ2n) is 5.15. The molecule has 1 aliphatic heterocycles. The number of halogens is 1. The highest BCUT2D eigenvalue weighted by atomic mass is 35.5. The summed E-state index contributed by atoms with van der Waals surface area (Å²) in [4.78, 5) is 14.3. The van der Waals surface area contributed by atoms with Crippen molar-refractivity contribution in [2.24, 2.45) is 0 Å². The Kier molecular flexibility index (Phi) is 4.45. The fourth-order valence-electron chi connectivity index (χ4n) is 2.44. The Morgan fingerprint density at radius 1 is 1.26 bits per heavy atom. The fraction of sp³-hybridized carbons (Fsp3) is 0.385. The van der Waals surface area contributed by atoms with Gasteiger partial charge in [-0.3, -0.25) is 4.79 Å². The fourth-order valence-corrected chi connectivity index (χ4v) is 5.51. The van der Waals surface area contributed by atoms with Crippen molar-refractivity contribution in [3.05, 3.63) is 38.6 Å². The lowest BCUT2D eigenvalue weighted by molar-refractivity contribution is 0.385. The van der Waals surface area contributed by atoms with Crippen LogP contribution >= 0.6 is 22.9 Å². The average Bonchev–Trinajstić information content (AvgIpc) is 2.98. The van der Waals surface area contributed by atoms with Gasteiger partial charge < -0.3 is 4.90 Å². The molecule has 10 heteroatoms. The molecule has 3 heterocycles. The van der Waals surface area contributed by atoms with E-state index < -0.39 is 15.6 Å². The van der Waals surface area contributed by atoms with Gasteiger partial charge in [-0.05, 0) is 19.1 Å². The van der Waals surface area contributed by atoms with Crippen LogP contribution in [0.15, 0.2) is 27.3 Å². The van der Waals surface area contributed by atoms with Gasteiger partial charge in [0.25, 0.3) is 15.6 Å². The Morgan fingerprint density at radius 3 is 2.57 bits per heavy atom. The second-order valence-corrected chi connectivity index (χ2v) is 8.99. The van der Waals surface area contributed by atoms with Gasteiger partial charge in [-0.25, -0.2) is 13.5 Å². The van der Waals surface area contributed by atoms with Gasteiger partial charge in [-0.2, -0.15) is 9.40 Å². The predicted octanol–water partition coefficient (Wildman–Crippen LogP) is 1.30. The van der Waals surface area contributed by atoms with E-state index in [1.165, 1.54) is 21.8 Å². The van der Waals surface area contributed by atoms with Crippen molar-refractivity contribution in [2.75, 3.05) is 31.1 Å². The molecule has 0 bridgehead atoms. The zero-order valence-corrected chi connectivity index (χ0v) is 14.7. The van der Waals surface area contributed by atoms with E-state index in [-0.39, 0.29) is 5.02 Å². The Morgan fingerprint density at radius 2 is 1.96 bits per heavy atom. The van der Waals surface area contributed by atoms with Crippen molar-refractivity contribution in [1.29, 1.82) is 0 Å². The second kappa shape index (κ2) is 6.23. The van der Waals surface area contributed by atoms with Crippen LogP contribution in [0.1, 0.15) is 4.88 Å². The number of thiophene rings is 1. The van der Waals surface area contributed by atoms with Crippen molar-refractivity contribution < 1.29 is 8.42 Å². The van der Waals surface area contributed by atoms with Crippen molar-refractivity contribution in [2.45, 2.75) is 11.1 Å². The van der Waals surface area contributed by atoms with Crippen LogP contribution in [0.4, 0.5) is 5.69 Å². The summed E-state index contributed by atoms with van der Waals surface area (Å²) in [5, 5.41) is 6.09. The monoisotopic (exact) mass is 374 g/mol. The highest BCUT2D eigenvalue weighted by Gasteiger charge is 2.30. The van der Waals surface area contributed by atoms with Crippen LogP contribution in [0.25, 0.3) is 0 Å². The highest BCUT2D eigenvalue weighted by molar-refractivity contribution is 7.91. The van der Waals surface area contributed by atoms with Gasteiger partial charge in [0.15, 0.2) is 0 Å². The van der Waals surface area contributed by atoms with Gasteiger partial charge in [0.05, 0.1) is 11.9 Å². The Balaban J connectivity index is 1.76. The lowest BCUT2D eigenvalue weighted by atomic mass is 10.3. The predicted molar refractivity (Wildman–Crippen MR) is 89.9 cm³/mol. The first-order valence-electron chi connectivity index (χ1n) is 6.94. The molecule has 2 aromatic rings. The minimum absolute atomic E-state index is 0.0742. The van der Waals surface area contributed by atoms with Gasteiger partial charge in [-0.1, -0.05) is 11.6 Å². The smallest absolute Gasteiger partial charge is 0.285 e. The first-order chi connectivity index (χ1) is 10.9. The molecule has 0 aromatic carbocycles. The van der Waals surface area contributed by atoms with Gasteiger partial charge in [-0.15, -0.1) is 11.3 Å². The normalized spacial score (nSPS) is 16.7. The summed E-state index contributed by atoms with van der Waals surface area (Å²) < 4.78 is 27.0. The molecular formula is C13H15ClN4O3S2. The van der Waals surface area contributed by atoms with E-state index >= 15 is 0 Å². The van der Waals surface area contributed by atoms with Crippen molar-refractivity contribution in [3.63, 3.8) is 0 Å². The van der Waals surface area contributed by atoms with Crippen LogP contribution in [-0.2, 0) is 10.0 Å². The SMILES string of the molecule is Cc1ccc(S(=O)(=O)N2CCN(c3cn[nH]c(=O)c3Cl)CC2)s1. The molecule has 1 aliphatic rings. The van der Waals surface area contributed by atoms with Crippen LogP contribution in [0, 0.1) is 6.92 Å². The molecule has 1 fully saturated rings. The Hall–Kier alpha value is -1.42. The maximum absolute atomic E-state index is 12.6. The summed E-state index contributed by atoms with van der Waals surface area (Å²) >= 11 is 7.27. The number of hydrogen-bond donors (Lipinski definition) is 1. The molecule has 0 spiro atoms. The summed E-state index contributed by atoms with van der Waals surface area (Å²) in [6.45, 7) is 3.46. The van der Waals surface area contributed by atoms with Crippen molar-refractivity contribution in [1.82, 2.24) is 14.5 Å². The molecule has 0 saturated carbocycles. The number of piperazine rings is 1. The van der Waals surface area contributed by atoms with Crippen LogP contribution < -0.4 is 10.5 Å². The number of rotatable bonds is 3. The standard InChI is InChI=1S/C13H15ClN4O3S2/c1-9-2-3-11(22-9)23(20,21)18-6-4-17(5-7-18)10-8-15-16-13(19)12(10)14/h2-3,8H,4-7H2,1H3,(H,16,19). The van der Waals surface area contributed by atoms with E-state index in [0.717, 1.165) is 4.88 Å². The van der Waals surface area contributed by atoms with Crippen LogP contribution in [0.3, 0.4) is 0 Å². The number of aromatic nitrogens is 2. The molecular weight excluding hydrogens is 360 g/mol. The number of anilines is 1. The summed E-state index contributed by atoms with van der Waals surface area (Å²) in [5.74, 6) is 0. The van der Waals surface area contributed by atoms with Crippen LogP contribution in [0.5, 0.6) is 0 Å². The van der Waals surface area contributed by atoms with Crippen molar-refractivity contribution >= 4 is 38.6 Å². The van der Waals surface area contributed by atoms with Gasteiger partial charge in [0.2, 0.25) is 0 Å². The number of nitrogens with one attached hydrogen (secondary N) is 1. The number of nitrogens with zero attached hydrogens (tertiary/aromatic N) is 3. The van der Waals surface area contributed by atoms with E-state index in [1.807, 2.05) is 11.8 Å². The van der Waals surface area contributed by atoms with E-state index in [9.17, 15) is 13.2 Å². The van der Waals surface area contributed by atoms with Gasteiger partial charge in [0, 0.05) is 31.1 Å². The Labute approximate surface area is 142 Å². The van der Waals surface area contributed by atoms with E-state index in [0.29, 0.717) is 36.1 Å². The third-order valence-corrected chi connectivity index (χ3v) is 7.40. The number of H-pyrrole nitrogens is 1. The molecule has 0 aliphatic carbocycles. The maximum Gasteiger partial charge on any atom is 0.285 e. The summed E-state index contributed by atoms with van der Waals surface area (Å²) in [5.41, 5.74) is 0.0766. The van der Waals surface area contributed by atoms with Gasteiger partial charge >= 0.3 is 0 Å². The van der Waals surface area contributed by atoms with E-state index in [4.69, 9.17) is 11.6 Å². The quantitative estimate of drug-likeness (QED) is 0.875. The summed E-state index contributed by atoms with van der Waals surface area (Å²) in [7, 11) is -3.46. The van der Waals surface area contributed by atoms with Crippen LogP contribution in [-0.4, -0.2) is 49.1 Å². The molecule has 0 amide bonds. The Bertz CT molecular complexity index is 869. The molecule has 1 saturated heterocycles. The molecule has 0 radical (unpaired) electrons. The zero-order chi connectivity index (χ0) is 16.6. The molecule has 0 atom stereocenters. The molecule has 23 heavy (non-hydrogen) atoms. The van der Waals surface area contributed by atoms with Crippen LogP contribution in [0.2, 0.25) is 5.02 Å². The molecule has 124 valence electrons. The largest absolute Gasteiger partial charge is 0.366 e. The van der Waals surface area contributed by atoms with E-state index in [1.54, 1.807) is 12.1 Å². The third kappa shape index (κ3) is 3.14. The maximum atomic E-state index is 12.6. The zero-order valence-electron chi connectivity index (χ0n) is 12.3. The summed E-state index contributed by atoms with van der Waals surface area (Å²) in [6.07, 6.45) is 1.48. The van der Waals surface area contributed by atoms with E-state index in [2.05, 4.69) is 10.2 Å². The first kappa shape index (κ1) is 16.4. The first-order valence-corrected chi connectivity index (χ1v) is 9.58. The topological polar surface area (TPSA) is 86.4 Å². The minimum atomic E-state index is -3.46. The molecule has 3 rings (SSSR count). The summed E-state index contributed by atoms with van der Waals surface area (Å²) in [6, 6.07) is 3.44. The molecule has 7 nitrogen and oxygen atoms in total. The van der Waals surface area contributed by atoms with Crippen molar-refractivity contribution in [3.8, 4) is 0 Å². The van der Waals surface area contributed by atoms with Gasteiger partial charge in [0.1, 0.15) is 9.23 Å². The number of aryl methyl sites for hydroxylation is 1.